The van der Waals surface area contributed by atoms with Crippen molar-refractivity contribution in [3.63, 3.8) is 0 Å². The smallest absolute Gasteiger partial charge is 0.288 e. The third-order valence-electron chi connectivity index (χ3n) is 3.06. The molecular weight excluding hydrogens is 248 g/mol. The summed E-state index contributed by atoms with van der Waals surface area (Å²) in [7, 11) is 0. The van der Waals surface area contributed by atoms with E-state index in [0.717, 1.165) is 31.0 Å². The molecule has 0 saturated carbocycles. The molecule has 4 nitrogen and oxygen atoms in total. The van der Waals surface area contributed by atoms with Crippen LogP contribution in [-0.2, 0) is 0 Å². The molecule has 98 valence electrons. The molecule has 0 aromatic carbocycles. The quantitative estimate of drug-likeness (QED) is 0.275. The summed E-state index contributed by atoms with van der Waals surface area (Å²) in [5, 5.41) is 18.5. The maximum absolute atomic E-state index is 10.9. The van der Waals surface area contributed by atoms with Crippen LogP contribution >= 0.6 is 11.8 Å². The molecule has 0 spiro atoms. The molecule has 0 aromatic rings. The molecule has 1 aliphatic rings. The van der Waals surface area contributed by atoms with Crippen LogP contribution in [0.1, 0.15) is 33.1 Å². The third kappa shape index (κ3) is 3.57. The average molecular weight is 266 g/mol. The van der Waals surface area contributed by atoms with Gasteiger partial charge in [-0.3, -0.25) is 15.5 Å². The highest BCUT2D eigenvalue weighted by Gasteiger charge is 2.19. The molecule has 1 aliphatic carbocycles. The van der Waals surface area contributed by atoms with Crippen molar-refractivity contribution in [1.82, 2.24) is 0 Å². The van der Waals surface area contributed by atoms with Gasteiger partial charge in [0.05, 0.1) is 4.92 Å². The van der Waals surface area contributed by atoms with Gasteiger partial charge in [-0.25, -0.2) is 0 Å². The van der Waals surface area contributed by atoms with Crippen LogP contribution in [0.4, 0.5) is 0 Å². The standard InChI is InChI=1S/C13H18N2O2S/c1-9-5-4-6-11(9)8-7-10(2)12(15(16)17)13(14)18-3/h7-8,14H,4-6H2,1-3H3/b8-7-,12-10-,14-13?. The molecule has 1 rings (SSSR count). The fourth-order valence-corrected chi connectivity index (χ4v) is 2.38. The lowest BCUT2D eigenvalue weighted by atomic mass is 10.1. The lowest BCUT2D eigenvalue weighted by molar-refractivity contribution is -0.415. The van der Waals surface area contributed by atoms with Crippen LogP contribution in [0.5, 0.6) is 0 Å². The highest BCUT2D eigenvalue weighted by atomic mass is 32.2. The molecule has 0 fully saturated rings. The van der Waals surface area contributed by atoms with E-state index < -0.39 is 4.92 Å². The van der Waals surface area contributed by atoms with Gasteiger partial charge in [-0.1, -0.05) is 17.7 Å². The Bertz CT molecular complexity index is 462. The van der Waals surface area contributed by atoms with Gasteiger partial charge < -0.3 is 0 Å². The van der Waals surface area contributed by atoms with Crippen LogP contribution in [0.25, 0.3) is 0 Å². The van der Waals surface area contributed by atoms with Gasteiger partial charge in [0, 0.05) is 5.57 Å². The molecule has 0 amide bonds. The minimum Gasteiger partial charge on any atom is -0.288 e. The lowest BCUT2D eigenvalue weighted by Gasteiger charge is -2.01. The van der Waals surface area contributed by atoms with Crippen LogP contribution in [0, 0.1) is 15.5 Å². The molecule has 0 bridgehead atoms. The Labute approximate surface area is 112 Å². The van der Waals surface area contributed by atoms with Crippen molar-refractivity contribution in [3.8, 4) is 0 Å². The number of hydrogen-bond donors (Lipinski definition) is 1. The number of rotatable bonds is 4. The van der Waals surface area contributed by atoms with E-state index >= 15 is 0 Å². The minimum atomic E-state index is -0.478. The van der Waals surface area contributed by atoms with Crippen LogP contribution in [-0.4, -0.2) is 16.2 Å². The van der Waals surface area contributed by atoms with Gasteiger partial charge >= 0.3 is 5.70 Å². The fraction of sp³-hybridized carbons (Fsp3) is 0.462. The van der Waals surface area contributed by atoms with E-state index in [2.05, 4.69) is 6.92 Å². The van der Waals surface area contributed by atoms with E-state index in [1.54, 1.807) is 19.3 Å². The SMILES string of the molecule is CSC(=N)/C(=C(C)/C=C\C1=C(C)CCC1)[N+](=O)[O-]. The fourth-order valence-electron chi connectivity index (χ4n) is 1.95. The first-order chi connectivity index (χ1) is 8.47. The topological polar surface area (TPSA) is 67.0 Å². The lowest BCUT2D eigenvalue weighted by Crippen LogP contribution is -2.09. The Balaban J connectivity index is 2.99. The molecular formula is C13H18N2O2S. The van der Waals surface area contributed by atoms with Crippen molar-refractivity contribution in [2.75, 3.05) is 6.26 Å². The summed E-state index contributed by atoms with van der Waals surface area (Å²) in [6.45, 7) is 3.79. The normalized spacial score (nSPS) is 17.3. The van der Waals surface area contributed by atoms with Crippen LogP contribution in [0.15, 0.2) is 34.6 Å². The predicted molar refractivity (Wildman–Crippen MR) is 76.6 cm³/mol. The number of nitro groups is 1. The van der Waals surface area contributed by atoms with Gasteiger partial charge in [-0.05, 0) is 44.9 Å². The number of nitrogens with zero attached hydrogens (tertiary/aromatic N) is 1. The van der Waals surface area contributed by atoms with Gasteiger partial charge in [0.15, 0.2) is 5.04 Å². The van der Waals surface area contributed by atoms with Crippen molar-refractivity contribution >= 4 is 16.8 Å². The molecule has 1 N–H and O–H groups in total. The number of hydrogen-bond acceptors (Lipinski definition) is 4. The van der Waals surface area contributed by atoms with E-state index in [9.17, 15) is 10.1 Å². The largest absolute Gasteiger partial charge is 0.303 e. The highest BCUT2D eigenvalue weighted by molar-refractivity contribution is 8.13. The Kier molecular flexibility index (Phi) is 5.34. The maximum atomic E-state index is 10.9. The van der Waals surface area contributed by atoms with Gasteiger partial charge in [-0.2, -0.15) is 0 Å². The molecule has 0 aromatic heterocycles. The highest BCUT2D eigenvalue weighted by Crippen LogP contribution is 2.26. The number of thioether (sulfide) groups is 1. The van der Waals surface area contributed by atoms with Crippen LogP contribution in [0.3, 0.4) is 0 Å². The molecule has 0 atom stereocenters. The van der Waals surface area contributed by atoms with Crippen molar-refractivity contribution in [2.45, 2.75) is 33.1 Å². The van der Waals surface area contributed by atoms with Gasteiger partial charge in [-0.15, -0.1) is 11.8 Å². The Morgan fingerprint density at radius 3 is 2.61 bits per heavy atom. The summed E-state index contributed by atoms with van der Waals surface area (Å²) in [5.41, 5.74) is 3.07. The van der Waals surface area contributed by atoms with Crippen molar-refractivity contribution < 1.29 is 4.92 Å². The molecule has 5 heteroatoms. The molecule has 0 aliphatic heterocycles. The van der Waals surface area contributed by atoms with Gasteiger partial charge in [0.25, 0.3) is 0 Å². The Morgan fingerprint density at radius 1 is 1.50 bits per heavy atom. The van der Waals surface area contributed by atoms with Crippen molar-refractivity contribution in [2.24, 2.45) is 0 Å². The van der Waals surface area contributed by atoms with Crippen molar-refractivity contribution in [3.05, 3.63) is 44.7 Å². The monoisotopic (exact) mass is 266 g/mol. The summed E-state index contributed by atoms with van der Waals surface area (Å²) in [6.07, 6.45) is 8.71. The van der Waals surface area contributed by atoms with E-state index in [0.29, 0.717) is 5.57 Å². The minimum absolute atomic E-state index is 0.000673. The summed E-state index contributed by atoms with van der Waals surface area (Å²) in [4.78, 5) is 10.5. The average Bonchev–Trinajstić information content (AvgIpc) is 2.71. The Hall–Kier alpha value is -1.36. The number of allylic oxidation sites excluding steroid dienone is 5. The van der Waals surface area contributed by atoms with E-state index in [4.69, 9.17) is 5.41 Å². The second-order valence-electron chi connectivity index (χ2n) is 4.31. The zero-order valence-corrected chi connectivity index (χ0v) is 11.8. The van der Waals surface area contributed by atoms with Gasteiger partial charge in [0.2, 0.25) is 0 Å². The van der Waals surface area contributed by atoms with Gasteiger partial charge in [0.1, 0.15) is 0 Å². The zero-order valence-electron chi connectivity index (χ0n) is 10.9. The number of nitrogens with one attached hydrogen (secondary N) is 1. The molecule has 0 unspecified atom stereocenters. The zero-order chi connectivity index (χ0) is 13.7. The summed E-state index contributed by atoms with van der Waals surface area (Å²) >= 11 is 1.09. The second-order valence-corrected chi connectivity index (χ2v) is 5.13. The molecule has 0 saturated heterocycles. The van der Waals surface area contributed by atoms with Crippen LogP contribution < -0.4 is 0 Å². The molecule has 18 heavy (non-hydrogen) atoms. The molecule has 0 heterocycles. The first-order valence-electron chi connectivity index (χ1n) is 5.82. The predicted octanol–water partition coefficient (Wildman–Crippen LogP) is 3.93. The third-order valence-corrected chi connectivity index (χ3v) is 3.66. The van der Waals surface area contributed by atoms with E-state index in [1.807, 2.05) is 6.08 Å². The summed E-state index contributed by atoms with van der Waals surface area (Å²) in [5.74, 6) is 0. The second kappa shape index (κ2) is 6.54. The summed E-state index contributed by atoms with van der Waals surface area (Å²) in [6, 6.07) is 0. The first-order valence-corrected chi connectivity index (χ1v) is 7.04. The van der Waals surface area contributed by atoms with E-state index in [1.165, 1.54) is 11.1 Å². The first kappa shape index (κ1) is 14.7. The van der Waals surface area contributed by atoms with Crippen LogP contribution in [0.2, 0.25) is 0 Å². The Morgan fingerprint density at radius 2 is 2.17 bits per heavy atom. The van der Waals surface area contributed by atoms with E-state index in [-0.39, 0.29) is 10.7 Å². The maximum Gasteiger partial charge on any atom is 0.303 e. The summed E-state index contributed by atoms with van der Waals surface area (Å²) < 4.78 is 0. The van der Waals surface area contributed by atoms with Crippen molar-refractivity contribution in [1.29, 1.82) is 5.41 Å². The molecule has 0 radical (unpaired) electrons.